The molecule has 4 heteroatoms. The smallest absolute Gasteiger partial charge is 0.149 e. The molecule has 2 nitrogen and oxygen atoms in total. The zero-order valence-corrected chi connectivity index (χ0v) is 10.8. The molecular formula is C13H11ClN2S. The Hall–Kier alpha value is -1.50. The van der Waals surface area contributed by atoms with Crippen molar-refractivity contribution >= 4 is 28.6 Å². The fraction of sp³-hybridized carbons (Fsp3) is 0.154. The van der Waals surface area contributed by atoms with Crippen LogP contribution in [-0.4, -0.2) is 0 Å². The summed E-state index contributed by atoms with van der Waals surface area (Å²) >= 11 is 7.41. The number of aryl methyl sites for hydroxylation is 1. The van der Waals surface area contributed by atoms with Crippen molar-refractivity contribution in [3.05, 3.63) is 51.2 Å². The van der Waals surface area contributed by atoms with Gasteiger partial charge in [0.05, 0.1) is 6.07 Å². The molecule has 0 aliphatic heterocycles. The van der Waals surface area contributed by atoms with Gasteiger partial charge in [-0.2, -0.15) is 5.26 Å². The number of nitriles is 1. The fourth-order valence-corrected chi connectivity index (χ4v) is 2.60. The fourth-order valence-electron chi connectivity index (χ4n) is 1.55. The second-order valence-corrected chi connectivity index (χ2v) is 5.07. The average Bonchev–Trinajstić information content (AvgIpc) is 2.75. The summed E-state index contributed by atoms with van der Waals surface area (Å²) in [5, 5.41) is 15.1. The number of nitrogens with one attached hydrogen (secondary N) is 1. The Balaban J connectivity index is 2.19. The van der Waals surface area contributed by atoms with Crippen molar-refractivity contribution in [3.63, 3.8) is 0 Å². The van der Waals surface area contributed by atoms with Crippen molar-refractivity contribution in [1.82, 2.24) is 0 Å². The number of hydrogen-bond donors (Lipinski definition) is 1. The normalized spacial score (nSPS) is 11.8. The molecule has 2 rings (SSSR count). The van der Waals surface area contributed by atoms with Crippen molar-refractivity contribution in [1.29, 1.82) is 5.26 Å². The van der Waals surface area contributed by atoms with Crippen LogP contribution in [0.15, 0.2) is 35.7 Å². The number of anilines is 1. The van der Waals surface area contributed by atoms with Gasteiger partial charge >= 0.3 is 0 Å². The summed E-state index contributed by atoms with van der Waals surface area (Å²) < 4.78 is 0. The molecule has 17 heavy (non-hydrogen) atoms. The first kappa shape index (κ1) is 12.0. The number of hydrogen-bond acceptors (Lipinski definition) is 3. The molecular weight excluding hydrogens is 252 g/mol. The summed E-state index contributed by atoms with van der Waals surface area (Å²) in [6.07, 6.45) is 0. The van der Waals surface area contributed by atoms with Gasteiger partial charge in [0, 0.05) is 15.6 Å². The Labute approximate surface area is 109 Å². The summed E-state index contributed by atoms with van der Waals surface area (Å²) in [7, 11) is 0. The highest BCUT2D eigenvalue weighted by Gasteiger charge is 2.13. The molecule has 0 aliphatic rings. The second-order valence-electron chi connectivity index (χ2n) is 3.68. The van der Waals surface area contributed by atoms with E-state index in [2.05, 4.69) is 11.4 Å². The van der Waals surface area contributed by atoms with Crippen LogP contribution in [0.3, 0.4) is 0 Å². The summed E-state index contributed by atoms with van der Waals surface area (Å²) in [4.78, 5) is 1.06. The van der Waals surface area contributed by atoms with Gasteiger partial charge in [0.1, 0.15) is 6.04 Å². The van der Waals surface area contributed by atoms with Gasteiger partial charge in [-0.1, -0.05) is 11.6 Å². The number of benzene rings is 1. The maximum atomic E-state index is 9.21. The monoisotopic (exact) mass is 262 g/mol. The molecule has 0 saturated heterocycles. The zero-order chi connectivity index (χ0) is 12.3. The lowest BCUT2D eigenvalue weighted by Crippen LogP contribution is -2.07. The van der Waals surface area contributed by atoms with E-state index in [9.17, 15) is 5.26 Å². The highest BCUT2D eigenvalue weighted by Crippen LogP contribution is 2.27. The average molecular weight is 263 g/mol. The second kappa shape index (κ2) is 5.22. The molecule has 1 heterocycles. The van der Waals surface area contributed by atoms with Crippen LogP contribution < -0.4 is 5.32 Å². The van der Waals surface area contributed by atoms with Crippen LogP contribution in [0.5, 0.6) is 0 Å². The molecule has 1 atom stereocenters. The van der Waals surface area contributed by atoms with E-state index in [1.165, 1.54) is 0 Å². The maximum Gasteiger partial charge on any atom is 0.149 e. The van der Waals surface area contributed by atoms with Crippen LogP contribution in [0, 0.1) is 18.3 Å². The lowest BCUT2D eigenvalue weighted by Gasteiger charge is -2.12. The predicted molar refractivity (Wildman–Crippen MR) is 72.5 cm³/mol. The summed E-state index contributed by atoms with van der Waals surface area (Å²) in [5.74, 6) is 0. The molecule has 0 amide bonds. The quantitative estimate of drug-likeness (QED) is 0.891. The molecule has 0 saturated carbocycles. The molecule has 0 fully saturated rings. The van der Waals surface area contributed by atoms with Crippen molar-refractivity contribution in [3.8, 4) is 6.07 Å². The Morgan fingerprint density at radius 2 is 2.00 bits per heavy atom. The van der Waals surface area contributed by atoms with Crippen LogP contribution >= 0.6 is 22.9 Å². The van der Waals surface area contributed by atoms with Crippen molar-refractivity contribution < 1.29 is 0 Å². The van der Waals surface area contributed by atoms with Crippen molar-refractivity contribution in [2.75, 3.05) is 5.32 Å². The van der Waals surface area contributed by atoms with E-state index in [0.717, 1.165) is 16.1 Å². The summed E-state index contributed by atoms with van der Waals surface area (Å²) in [5.41, 5.74) is 2.04. The molecule has 1 aromatic heterocycles. The van der Waals surface area contributed by atoms with Crippen LogP contribution in [0.4, 0.5) is 5.69 Å². The van der Waals surface area contributed by atoms with Gasteiger partial charge in [0.15, 0.2) is 0 Å². The summed E-state index contributed by atoms with van der Waals surface area (Å²) in [6, 6.07) is 11.3. The molecule has 2 aromatic rings. The van der Waals surface area contributed by atoms with Crippen LogP contribution in [0.1, 0.15) is 16.5 Å². The minimum atomic E-state index is -0.309. The molecule has 1 unspecified atom stereocenters. The minimum Gasteiger partial charge on any atom is -0.366 e. The number of halogens is 1. The van der Waals surface area contributed by atoms with Gasteiger partial charge in [-0.3, -0.25) is 0 Å². The standard InChI is InChI=1S/C13H11ClN2S/c1-9-6-7-17-13(9)12(8-15)16-11-4-2-10(14)3-5-11/h2-7,12,16H,1H3. The van der Waals surface area contributed by atoms with Gasteiger partial charge < -0.3 is 5.32 Å². The van der Waals surface area contributed by atoms with E-state index in [0.29, 0.717) is 5.02 Å². The van der Waals surface area contributed by atoms with Crippen molar-refractivity contribution in [2.24, 2.45) is 0 Å². The minimum absolute atomic E-state index is 0.309. The van der Waals surface area contributed by atoms with Gasteiger partial charge in [0.2, 0.25) is 0 Å². The zero-order valence-electron chi connectivity index (χ0n) is 9.27. The lowest BCUT2D eigenvalue weighted by atomic mass is 10.1. The molecule has 86 valence electrons. The molecule has 0 spiro atoms. The lowest BCUT2D eigenvalue weighted by molar-refractivity contribution is 1.01. The van der Waals surface area contributed by atoms with E-state index in [4.69, 9.17) is 11.6 Å². The number of nitrogens with zero attached hydrogens (tertiary/aromatic N) is 1. The SMILES string of the molecule is Cc1ccsc1C(C#N)Nc1ccc(Cl)cc1. The molecule has 0 bridgehead atoms. The Bertz CT molecular complexity index is 539. The van der Waals surface area contributed by atoms with Gasteiger partial charge in [-0.25, -0.2) is 0 Å². The van der Waals surface area contributed by atoms with E-state index < -0.39 is 0 Å². The Kier molecular flexibility index (Phi) is 3.68. The third kappa shape index (κ3) is 2.79. The first-order valence-electron chi connectivity index (χ1n) is 5.16. The van der Waals surface area contributed by atoms with Crippen LogP contribution in [-0.2, 0) is 0 Å². The van der Waals surface area contributed by atoms with E-state index in [-0.39, 0.29) is 6.04 Å². The van der Waals surface area contributed by atoms with Gasteiger partial charge in [-0.15, -0.1) is 11.3 Å². The van der Waals surface area contributed by atoms with Gasteiger partial charge in [-0.05, 0) is 48.2 Å². The first-order chi connectivity index (χ1) is 8.20. The van der Waals surface area contributed by atoms with Gasteiger partial charge in [0.25, 0.3) is 0 Å². The van der Waals surface area contributed by atoms with E-state index >= 15 is 0 Å². The van der Waals surface area contributed by atoms with Crippen LogP contribution in [0.2, 0.25) is 5.02 Å². The topological polar surface area (TPSA) is 35.8 Å². The highest BCUT2D eigenvalue weighted by atomic mass is 35.5. The third-order valence-corrected chi connectivity index (χ3v) is 3.78. The first-order valence-corrected chi connectivity index (χ1v) is 6.42. The maximum absolute atomic E-state index is 9.21. The molecule has 0 radical (unpaired) electrons. The molecule has 1 aromatic carbocycles. The predicted octanol–water partition coefficient (Wildman–Crippen LogP) is 4.39. The van der Waals surface area contributed by atoms with E-state index in [1.807, 2.05) is 30.5 Å². The number of rotatable bonds is 3. The van der Waals surface area contributed by atoms with E-state index in [1.54, 1.807) is 23.5 Å². The van der Waals surface area contributed by atoms with Crippen LogP contribution in [0.25, 0.3) is 0 Å². The highest BCUT2D eigenvalue weighted by molar-refractivity contribution is 7.10. The summed E-state index contributed by atoms with van der Waals surface area (Å²) in [6.45, 7) is 2.01. The number of thiophene rings is 1. The molecule has 0 aliphatic carbocycles. The van der Waals surface area contributed by atoms with Crippen molar-refractivity contribution in [2.45, 2.75) is 13.0 Å². The molecule has 1 N–H and O–H groups in total. The third-order valence-electron chi connectivity index (χ3n) is 2.45. The largest absolute Gasteiger partial charge is 0.366 e. The Morgan fingerprint density at radius 3 is 2.53 bits per heavy atom. The Morgan fingerprint density at radius 1 is 1.29 bits per heavy atom.